The van der Waals surface area contributed by atoms with E-state index in [1.165, 1.54) is 72.1 Å². The molecule has 2 heteroatoms. The molecule has 0 aromatic heterocycles. The summed E-state index contributed by atoms with van der Waals surface area (Å²) in [6.07, 6.45) is 0. The number of anilines is 3. The smallest absolute Gasteiger partial charge is 0.0468 e. The Morgan fingerprint density at radius 3 is 1.62 bits per heavy atom. The molecule has 9 rings (SSSR count). The Hall–Kier alpha value is -4.92. The number of nitrogens with zero attached hydrogens (tertiary/aromatic N) is 1. The van der Waals surface area contributed by atoms with E-state index < -0.39 is 0 Å². The zero-order chi connectivity index (χ0) is 32.8. The summed E-state index contributed by atoms with van der Waals surface area (Å²) >= 11 is 3.76. The average Bonchev–Trinajstić information content (AvgIpc) is 3.48. The Morgan fingerprint density at radius 1 is 0.396 bits per heavy atom. The highest BCUT2D eigenvalue weighted by molar-refractivity contribution is 9.10. The second kappa shape index (κ2) is 10.5. The third-order valence-electron chi connectivity index (χ3n) is 11.0. The fourth-order valence-electron chi connectivity index (χ4n) is 8.43. The molecule has 0 atom stereocenters. The lowest BCUT2D eigenvalue weighted by molar-refractivity contribution is 0.660. The first-order valence-electron chi connectivity index (χ1n) is 16.8. The Labute approximate surface area is 291 Å². The predicted octanol–water partition coefficient (Wildman–Crippen LogP) is 13.4. The Bertz CT molecular complexity index is 2410. The van der Waals surface area contributed by atoms with Crippen molar-refractivity contribution in [2.24, 2.45) is 0 Å². The van der Waals surface area contributed by atoms with Gasteiger partial charge in [-0.05, 0) is 109 Å². The summed E-state index contributed by atoms with van der Waals surface area (Å²) < 4.78 is 1.12. The van der Waals surface area contributed by atoms with Crippen molar-refractivity contribution >= 4 is 43.8 Å². The number of benzene rings is 7. The Morgan fingerprint density at radius 2 is 0.896 bits per heavy atom. The van der Waals surface area contributed by atoms with Crippen LogP contribution in [0.25, 0.3) is 44.2 Å². The Balaban J connectivity index is 1.22. The van der Waals surface area contributed by atoms with Crippen LogP contribution in [0, 0.1) is 0 Å². The summed E-state index contributed by atoms with van der Waals surface area (Å²) in [5, 5.41) is 2.47. The molecule has 0 aliphatic heterocycles. The van der Waals surface area contributed by atoms with Gasteiger partial charge in [-0.15, -0.1) is 0 Å². The lowest BCUT2D eigenvalue weighted by atomic mass is 9.82. The standard InChI is InChI=1S/C46H36BrN/c1-45(2)41-16-10-8-13-36(41)39-27-31(22-25-42(39)45)48(32-21-23-37-35-12-7-9-15-40(35)46(3,4)43(37)28-32)30-19-17-29(18-20-30)33-24-26-44(47)38-14-6-5-11-34(33)38/h5-28H,1-4H3. The van der Waals surface area contributed by atoms with Gasteiger partial charge in [-0.3, -0.25) is 0 Å². The van der Waals surface area contributed by atoms with Gasteiger partial charge in [0.2, 0.25) is 0 Å². The maximum atomic E-state index is 3.76. The molecule has 0 fully saturated rings. The number of halogens is 1. The lowest BCUT2D eigenvalue weighted by Crippen LogP contribution is -2.17. The third-order valence-corrected chi connectivity index (χ3v) is 11.6. The fraction of sp³-hybridized carbons (Fsp3) is 0.130. The Kier molecular flexibility index (Phi) is 6.42. The van der Waals surface area contributed by atoms with Crippen molar-refractivity contribution in [1.82, 2.24) is 0 Å². The lowest BCUT2D eigenvalue weighted by Gasteiger charge is -2.29. The summed E-state index contributed by atoms with van der Waals surface area (Å²) in [4.78, 5) is 2.44. The first kappa shape index (κ1) is 29.2. The summed E-state index contributed by atoms with van der Waals surface area (Å²) in [6.45, 7) is 9.41. The van der Waals surface area contributed by atoms with Crippen LogP contribution in [0.15, 0.2) is 150 Å². The molecular formula is C46H36BrN. The van der Waals surface area contributed by atoms with E-state index in [1.54, 1.807) is 0 Å². The topological polar surface area (TPSA) is 3.24 Å². The van der Waals surface area contributed by atoms with Gasteiger partial charge in [0.15, 0.2) is 0 Å². The average molecular weight is 683 g/mol. The highest BCUT2D eigenvalue weighted by Crippen LogP contribution is 2.53. The van der Waals surface area contributed by atoms with Gasteiger partial charge in [0.05, 0.1) is 0 Å². The molecule has 0 radical (unpaired) electrons. The molecule has 0 amide bonds. The van der Waals surface area contributed by atoms with Crippen LogP contribution < -0.4 is 4.90 Å². The minimum absolute atomic E-state index is 0.0340. The second-order valence-electron chi connectivity index (χ2n) is 14.3. The van der Waals surface area contributed by atoms with Crippen molar-refractivity contribution in [3.63, 3.8) is 0 Å². The van der Waals surface area contributed by atoms with Crippen LogP contribution in [0.5, 0.6) is 0 Å². The minimum Gasteiger partial charge on any atom is -0.310 e. The van der Waals surface area contributed by atoms with Crippen molar-refractivity contribution < 1.29 is 0 Å². The van der Waals surface area contributed by atoms with Gasteiger partial charge >= 0.3 is 0 Å². The molecule has 0 spiro atoms. The van der Waals surface area contributed by atoms with Gasteiger partial charge in [-0.1, -0.05) is 147 Å². The molecule has 1 nitrogen and oxygen atoms in total. The molecule has 2 aliphatic rings. The molecule has 0 bridgehead atoms. The van der Waals surface area contributed by atoms with E-state index in [-0.39, 0.29) is 10.8 Å². The largest absolute Gasteiger partial charge is 0.310 e. The van der Waals surface area contributed by atoms with Crippen LogP contribution in [0.3, 0.4) is 0 Å². The second-order valence-corrected chi connectivity index (χ2v) is 15.2. The van der Waals surface area contributed by atoms with E-state index in [2.05, 4.69) is 194 Å². The molecule has 48 heavy (non-hydrogen) atoms. The van der Waals surface area contributed by atoms with E-state index in [4.69, 9.17) is 0 Å². The summed E-state index contributed by atoms with van der Waals surface area (Å²) in [6, 6.07) is 54.0. The summed E-state index contributed by atoms with van der Waals surface area (Å²) in [5.41, 5.74) is 16.7. The van der Waals surface area contributed by atoms with E-state index in [9.17, 15) is 0 Å². The van der Waals surface area contributed by atoms with Crippen LogP contribution in [-0.4, -0.2) is 0 Å². The quantitative estimate of drug-likeness (QED) is 0.179. The number of hydrogen-bond acceptors (Lipinski definition) is 1. The van der Waals surface area contributed by atoms with E-state index in [0.29, 0.717) is 0 Å². The van der Waals surface area contributed by atoms with E-state index in [1.807, 2.05) is 0 Å². The van der Waals surface area contributed by atoms with Gasteiger partial charge < -0.3 is 4.90 Å². The normalized spacial score (nSPS) is 14.7. The predicted molar refractivity (Wildman–Crippen MR) is 207 cm³/mol. The number of hydrogen-bond donors (Lipinski definition) is 0. The molecule has 7 aromatic rings. The first-order chi connectivity index (χ1) is 23.2. The molecule has 0 unspecified atom stereocenters. The summed E-state index contributed by atoms with van der Waals surface area (Å²) in [7, 11) is 0. The summed E-state index contributed by atoms with van der Waals surface area (Å²) in [5.74, 6) is 0. The third kappa shape index (κ3) is 4.22. The minimum atomic E-state index is -0.0823. The zero-order valence-electron chi connectivity index (χ0n) is 27.7. The molecular weight excluding hydrogens is 646 g/mol. The SMILES string of the molecule is CC1(C)c2ccccc2-c2cc(N(c3ccc(-c4ccc(Br)c5ccccc45)cc3)c3ccc4c(c3)C(C)(C)c3ccccc3-4)ccc21. The molecule has 0 saturated heterocycles. The van der Waals surface area contributed by atoms with Crippen molar-refractivity contribution in [2.75, 3.05) is 4.90 Å². The van der Waals surface area contributed by atoms with Crippen molar-refractivity contribution in [2.45, 2.75) is 38.5 Å². The van der Waals surface area contributed by atoms with Crippen LogP contribution in [-0.2, 0) is 10.8 Å². The van der Waals surface area contributed by atoms with Crippen molar-refractivity contribution in [1.29, 1.82) is 0 Å². The molecule has 0 saturated carbocycles. The van der Waals surface area contributed by atoms with Gasteiger partial charge in [0, 0.05) is 32.4 Å². The van der Waals surface area contributed by atoms with Gasteiger partial charge in [0.25, 0.3) is 0 Å². The van der Waals surface area contributed by atoms with E-state index >= 15 is 0 Å². The first-order valence-corrected chi connectivity index (χ1v) is 17.6. The van der Waals surface area contributed by atoms with Crippen molar-refractivity contribution in [3.8, 4) is 33.4 Å². The van der Waals surface area contributed by atoms with Crippen LogP contribution in [0.4, 0.5) is 17.1 Å². The monoisotopic (exact) mass is 681 g/mol. The molecule has 7 aromatic carbocycles. The van der Waals surface area contributed by atoms with Gasteiger partial charge in [-0.25, -0.2) is 0 Å². The van der Waals surface area contributed by atoms with Crippen molar-refractivity contribution in [3.05, 3.63) is 172 Å². The highest BCUT2D eigenvalue weighted by Gasteiger charge is 2.37. The maximum absolute atomic E-state index is 3.76. The number of rotatable bonds is 4. The van der Waals surface area contributed by atoms with Crippen LogP contribution >= 0.6 is 15.9 Å². The van der Waals surface area contributed by atoms with E-state index in [0.717, 1.165) is 15.8 Å². The van der Waals surface area contributed by atoms with Crippen LogP contribution in [0.1, 0.15) is 49.9 Å². The van der Waals surface area contributed by atoms with Gasteiger partial charge in [0.1, 0.15) is 0 Å². The highest BCUT2D eigenvalue weighted by atomic mass is 79.9. The molecule has 232 valence electrons. The molecule has 2 aliphatic carbocycles. The fourth-order valence-corrected chi connectivity index (χ4v) is 8.91. The van der Waals surface area contributed by atoms with Crippen LogP contribution in [0.2, 0.25) is 0 Å². The maximum Gasteiger partial charge on any atom is 0.0468 e. The molecule has 0 N–H and O–H groups in total. The zero-order valence-corrected chi connectivity index (χ0v) is 29.3. The molecule has 0 heterocycles. The van der Waals surface area contributed by atoms with Gasteiger partial charge in [-0.2, -0.15) is 0 Å². The number of fused-ring (bicyclic) bond motifs is 7.